The predicted octanol–water partition coefficient (Wildman–Crippen LogP) is 7.08. The molecule has 2 atom stereocenters. The van der Waals surface area contributed by atoms with Gasteiger partial charge in [0.25, 0.3) is 5.91 Å². The zero-order valence-electron chi connectivity index (χ0n) is 25.2. The van der Waals surface area contributed by atoms with E-state index in [0.717, 1.165) is 67.1 Å². The van der Waals surface area contributed by atoms with Crippen LogP contribution in [-0.2, 0) is 6.42 Å². The summed E-state index contributed by atoms with van der Waals surface area (Å²) < 4.78 is 5.38. The minimum atomic E-state index is -0.0726. The van der Waals surface area contributed by atoms with Crippen LogP contribution in [0.2, 0.25) is 0 Å². The Hall–Kier alpha value is -4.20. The van der Waals surface area contributed by atoms with Crippen molar-refractivity contribution < 1.29 is 14.3 Å². The summed E-state index contributed by atoms with van der Waals surface area (Å²) in [6, 6.07) is 16.0. The molecule has 3 aliphatic rings. The highest BCUT2D eigenvalue weighted by Gasteiger charge is 2.36. The normalized spacial score (nSPS) is 18.7. The number of ether oxygens (including phenoxy) is 1. The Morgan fingerprint density at radius 3 is 2.81 bits per heavy atom. The molecule has 1 N–H and O–H groups in total. The highest BCUT2D eigenvalue weighted by atomic mass is 16.5. The number of anilines is 2. The molecule has 1 aromatic heterocycles. The quantitative estimate of drug-likeness (QED) is 0.262. The number of aromatic nitrogens is 2. The molecule has 1 fully saturated rings. The lowest BCUT2D eigenvalue weighted by atomic mass is 9.96. The first kappa shape index (κ1) is 28.9. The summed E-state index contributed by atoms with van der Waals surface area (Å²) in [6.45, 7) is 3.54. The third-order valence-corrected chi connectivity index (χ3v) is 8.99. The largest absolute Gasteiger partial charge is 0.497 e. The van der Waals surface area contributed by atoms with Crippen molar-refractivity contribution in [3.63, 3.8) is 0 Å². The van der Waals surface area contributed by atoms with Crippen LogP contribution in [0.25, 0.3) is 6.08 Å². The summed E-state index contributed by atoms with van der Waals surface area (Å²) in [7, 11) is 1.66. The van der Waals surface area contributed by atoms with Crippen molar-refractivity contribution in [3.05, 3.63) is 83.4 Å². The Bertz CT molecular complexity index is 1500. The number of rotatable bonds is 11. The maximum atomic E-state index is 13.6. The van der Waals surface area contributed by atoms with Crippen molar-refractivity contribution in [2.45, 2.75) is 70.3 Å². The van der Waals surface area contributed by atoms with Crippen LogP contribution >= 0.6 is 0 Å². The molecule has 6 rings (SSSR count). The summed E-state index contributed by atoms with van der Waals surface area (Å²) in [6.07, 6.45) is 13.6. The molecule has 8 nitrogen and oxygen atoms in total. The average molecular weight is 580 g/mol. The predicted molar refractivity (Wildman–Crippen MR) is 170 cm³/mol. The first-order valence-electron chi connectivity index (χ1n) is 15.7. The lowest BCUT2D eigenvalue weighted by Gasteiger charge is -2.30. The molecule has 0 radical (unpaired) electrons. The number of nitrogens with one attached hydrogen (secondary N) is 1. The van der Waals surface area contributed by atoms with Crippen LogP contribution in [0.15, 0.2) is 60.9 Å². The van der Waals surface area contributed by atoms with Crippen LogP contribution in [0.5, 0.6) is 5.75 Å². The van der Waals surface area contributed by atoms with E-state index in [0.29, 0.717) is 30.4 Å². The van der Waals surface area contributed by atoms with Gasteiger partial charge in [-0.3, -0.25) is 4.79 Å². The first-order chi connectivity index (χ1) is 21.0. The topological polar surface area (TPSA) is 87.7 Å². The van der Waals surface area contributed by atoms with Crippen molar-refractivity contribution in [1.82, 2.24) is 14.9 Å². The lowest BCUT2D eigenvalue weighted by molar-refractivity contribution is 0.0982. The summed E-state index contributed by atoms with van der Waals surface area (Å²) in [5, 5.41) is 3.10. The number of para-hydroxylation sites is 1. The van der Waals surface area contributed by atoms with Gasteiger partial charge in [0.05, 0.1) is 12.8 Å². The molecule has 3 amide bonds. The van der Waals surface area contributed by atoms with Gasteiger partial charge in [-0.15, -0.1) is 0 Å². The Labute approximate surface area is 254 Å². The van der Waals surface area contributed by atoms with Gasteiger partial charge in [0.2, 0.25) is 0 Å². The monoisotopic (exact) mass is 579 g/mol. The minimum Gasteiger partial charge on any atom is -0.497 e. The molecule has 3 heterocycles. The van der Waals surface area contributed by atoms with Crippen LogP contribution in [0.3, 0.4) is 0 Å². The number of fused-ring (bicyclic) bond motifs is 2. The lowest BCUT2D eigenvalue weighted by Crippen LogP contribution is -2.42. The summed E-state index contributed by atoms with van der Waals surface area (Å²) in [5.74, 6) is 1.93. The molecule has 1 saturated carbocycles. The van der Waals surface area contributed by atoms with Gasteiger partial charge in [-0.2, -0.15) is 0 Å². The van der Waals surface area contributed by atoms with Gasteiger partial charge in [0, 0.05) is 36.4 Å². The molecular formula is C35H41N5O3. The molecule has 0 saturated heterocycles. The summed E-state index contributed by atoms with van der Waals surface area (Å²) in [5.41, 5.74) is 5.36. The number of methoxy groups -OCH3 is 1. The first-order valence-corrected chi connectivity index (χ1v) is 15.7. The highest BCUT2D eigenvalue weighted by molar-refractivity contribution is 6.06. The number of carbonyl (C=O) groups excluding carboxylic acids is 2. The summed E-state index contributed by atoms with van der Waals surface area (Å²) in [4.78, 5) is 39.4. The van der Waals surface area contributed by atoms with Gasteiger partial charge in [-0.1, -0.05) is 50.5 Å². The zero-order chi connectivity index (χ0) is 29.8. The molecule has 3 aromatic rings. The number of carbonyl (C=O) groups is 2. The van der Waals surface area contributed by atoms with E-state index in [-0.39, 0.29) is 18.0 Å². The Morgan fingerprint density at radius 1 is 1.14 bits per heavy atom. The smallest absolute Gasteiger partial charge is 0.322 e. The van der Waals surface area contributed by atoms with Crippen LogP contribution in [0, 0.1) is 5.92 Å². The molecule has 0 bridgehead atoms. The number of benzene rings is 2. The van der Waals surface area contributed by atoms with Gasteiger partial charge in [-0.05, 0) is 85.6 Å². The molecule has 2 aliphatic heterocycles. The van der Waals surface area contributed by atoms with E-state index in [4.69, 9.17) is 4.74 Å². The van der Waals surface area contributed by atoms with E-state index in [2.05, 4.69) is 46.5 Å². The Balaban J connectivity index is 1.08. The zero-order valence-corrected chi connectivity index (χ0v) is 25.2. The highest BCUT2D eigenvalue weighted by Crippen LogP contribution is 2.45. The van der Waals surface area contributed by atoms with E-state index < -0.39 is 0 Å². The molecule has 0 spiro atoms. The van der Waals surface area contributed by atoms with E-state index in [1.165, 1.54) is 24.7 Å². The SMILES string of the molecule is CCCC(CC/C=C/c1cc(C(=O)N2CC(CC3CC3)c3ccccc32)ncn1)N1CCc2cc(OC)ccc2NC1=O. The maximum absolute atomic E-state index is 13.6. The van der Waals surface area contributed by atoms with Gasteiger partial charge < -0.3 is 19.9 Å². The van der Waals surface area contributed by atoms with Crippen LogP contribution in [-0.4, -0.2) is 53.0 Å². The Morgan fingerprint density at radius 2 is 2.00 bits per heavy atom. The van der Waals surface area contributed by atoms with Gasteiger partial charge >= 0.3 is 6.03 Å². The van der Waals surface area contributed by atoms with Crippen molar-refractivity contribution in [1.29, 1.82) is 0 Å². The van der Waals surface area contributed by atoms with Crippen molar-refractivity contribution in [3.8, 4) is 5.75 Å². The second-order valence-corrected chi connectivity index (χ2v) is 12.0. The summed E-state index contributed by atoms with van der Waals surface area (Å²) >= 11 is 0. The number of urea groups is 1. The van der Waals surface area contributed by atoms with E-state index >= 15 is 0 Å². The van der Waals surface area contributed by atoms with Crippen LogP contribution < -0.4 is 15.0 Å². The standard InChI is InChI=1S/C35H41N5O3/c1-3-8-28(39-18-17-25-20-29(43-2)15-16-31(25)38-35(39)42)10-5-4-9-27-21-32(37-23-36-27)34(41)40-22-26(19-24-13-14-24)30-11-6-7-12-33(30)40/h4,6-7,9,11-12,15-16,20-21,23-24,26,28H,3,5,8,10,13-14,17-19,22H2,1-2H3,(H,38,42)/b9-4+. The molecule has 1 aliphatic carbocycles. The van der Waals surface area contributed by atoms with E-state index in [1.54, 1.807) is 13.2 Å². The molecule has 2 aromatic carbocycles. The molecule has 224 valence electrons. The van der Waals surface area contributed by atoms with Gasteiger partial charge in [0.1, 0.15) is 17.8 Å². The fraction of sp³-hybridized carbons (Fsp3) is 0.429. The second kappa shape index (κ2) is 13.0. The Kier molecular flexibility index (Phi) is 8.72. The van der Waals surface area contributed by atoms with Gasteiger partial charge in [-0.25, -0.2) is 14.8 Å². The third-order valence-electron chi connectivity index (χ3n) is 8.99. The van der Waals surface area contributed by atoms with Gasteiger partial charge in [0.15, 0.2) is 0 Å². The second-order valence-electron chi connectivity index (χ2n) is 12.0. The van der Waals surface area contributed by atoms with Crippen LogP contribution in [0.1, 0.15) is 85.1 Å². The van der Waals surface area contributed by atoms with E-state index in [9.17, 15) is 9.59 Å². The number of allylic oxidation sites excluding steroid dienone is 1. The number of nitrogens with zero attached hydrogens (tertiary/aromatic N) is 4. The van der Waals surface area contributed by atoms with Crippen molar-refractivity contribution >= 4 is 29.4 Å². The van der Waals surface area contributed by atoms with Crippen molar-refractivity contribution in [2.75, 3.05) is 30.4 Å². The molecule has 2 unspecified atom stereocenters. The van der Waals surface area contributed by atoms with Crippen LogP contribution in [0.4, 0.5) is 16.2 Å². The molecular weight excluding hydrogens is 538 g/mol. The third kappa shape index (κ3) is 6.58. The number of hydrogen-bond donors (Lipinski definition) is 1. The molecule has 8 heteroatoms. The fourth-order valence-electron chi connectivity index (χ4n) is 6.55. The number of hydrogen-bond acceptors (Lipinski definition) is 5. The molecule has 43 heavy (non-hydrogen) atoms. The number of amides is 3. The maximum Gasteiger partial charge on any atom is 0.322 e. The fourth-order valence-corrected chi connectivity index (χ4v) is 6.55. The van der Waals surface area contributed by atoms with E-state index in [1.807, 2.05) is 40.1 Å². The minimum absolute atomic E-state index is 0.0480. The average Bonchev–Trinajstić information content (AvgIpc) is 3.81. The van der Waals surface area contributed by atoms with Crippen molar-refractivity contribution in [2.24, 2.45) is 5.92 Å².